The van der Waals surface area contributed by atoms with Crippen LogP contribution in [0.2, 0.25) is 0 Å². The van der Waals surface area contributed by atoms with Crippen LogP contribution in [0.4, 0.5) is 0 Å². The first-order chi connectivity index (χ1) is 13.5. The molecule has 0 bridgehead atoms. The molecule has 4 aliphatic carbocycles. The molecule has 144 valence electrons. The zero-order valence-electron chi connectivity index (χ0n) is 16.2. The highest BCUT2D eigenvalue weighted by atomic mass is 16.3. The van der Waals surface area contributed by atoms with E-state index >= 15 is 0 Å². The summed E-state index contributed by atoms with van der Waals surface area (Å²) in [7, 11) is 0. The van der Waals surface area contributed by atoms with Gasteiger partial charge in [0.25, 0.3) is 0 Å². The molecule has 0 unspecified atom stereocenters. The van der Waals surface area contributed by atoms with Crippen molar-refractivity contribution in [1.29, 1.82) is 0 Å². The Morgan fingerprint density at radius 1 is 1.11 bits per heavy atom. The quantitative estimate of drug-likeness (QED) is 0.611. The van der Waals surface area contributed by atoms with Gasteiger partial charge in [-0.1, -0.05) is 48.9 Å². The molecule has 1 aromatic rings. The van der Waals surface area contributed by atoms with Crippen LogP contribution in [-0.2, 0) is 4.79 Å². The predicted octanol–water partition coefficient (Wildman–Crippen LogP) is 4.54. The molecule has 0 aromatic heterocycles. The van der Waals surface area contributed by atoms with Crippen LogP contribution in [0.15, 0.2) is 59.2 Å². The summed E-state index contributed by atoms with van der Waals surface area (Å²) in [4.78, 5) is 23.1. The Kier molecular flexibility index (Phi) is 4.06. The summed E-state index contributed by atoms with van der Waals surface area (Å²) in [6, 6.07) is 7.93. The lowest BCUT2D eigenvalue weighted by atomic mass is 9.53. The lowest BCUT2D eigenvalue weighted by Gasteiger charge is -2.51. The summed E-state index contributed by atoms with van der Waals surface area (Å²) in [6.45, 7) is 2.23. The van der Waals surface area contributed by atoms with Crippen molar-refractivity contribution >= 4 is 12.1 Å². The molecular formula is C25H26O3. The molecule has 0 radical (unpaired) electrons. The number of allylic oxidation sites excluding steroid dienone is 5. The number of carbonyl (C=O) groups is 2. The van der Waals surface area contributed by atoms with Crippen molar-refractivity contribution in [2.45, 2.75) is 51.0 Å². The number of ketones is 1. The summed E-state index contributed by atoms with van der Waals surface area (Å²) in [5, 5.41) is 10.8. The number of hydrogen-bond acceptors (Lipinski definition) is 3. The molecule has 28 heavy (non-hydrogen) atoms. The number of aldehydes is 1. The molecule has 4 aliphatic rings. The summed E-state index contributed by atoms with van der Waals surface area (Å²) in [5.41, 5.74) is 5.88. The van der Waals surface area contributed by atoms with Crippen molar-refractivity contribution in [2.75, 3.05) is 0 Å². The third kappa shape index (κ3) is 2.52. The fourth-order valence-corrected chi connectivity index (χ4v) is 6.21. The van der Waals surface area contributed by atoms with Crippen LogP contribution in [0.3, 0.4) is 0 Å². The van der Waals surface area contributed by atoms with E-state index < -0.39 is 6.10 Å². The highest BCUT2D eigenvalue weighted by Crippen LogP contribution is 2.61. The van der Waals surface area contributed by atoms with Gasteiger partial charge in [0.15, 0.2) is 5.78 Å². The maximum atomic E-state index is 12.0. The van der Waals surface area contributed by atoms with Gasteiger partial charge < -0.3 is 5.11 Å². The molecule has 1 fully saturated rings. The summed E-state index contributed by atoms with van der Waals surface area (Å²) < 4.78 is 0. The van der Waals surface area contributed by atoms with Gasteiger partial charge in [-0.3, -0.25) is 9.59 Å². The molecule has 5 rings (SSSR count). The standard InChI is InChI=1S/C25H26O3/c1-25-13-21(16-4-2-15(14-26)3-5-16)24-19-9-7-18(27)12-17(19)6-8-20(24)22(25)10-11-23(25)28/h2-5,10-12,14,20-23,28H,6-9,13H2,1H3/t20-,21+,22-,23-,25-/m0/s1. The number of carbonyl (C=O) groups excluding carboxylic acids is 2. The normalized spacial score (nSPS) is 36.5. The molecule has 1 aromatic carbocycles. The van der Waals surface area contributed by atoms with Crippen LogP contribution in [0.25, 0.3) is 0 Å². The van der Waals surface area contributed by atoms with Crippen molar-refractivity contribution < 1.29 is 14.7 Å². The Labute approximate surface area is 165 Å². The second-order valence-electron chi connectivity index (χ2n) is 9.12. The molecule has 0 heterocycles. The average molecular weight is 374 g/mol. The number of fused-ring (bicyclic) bond motifs is 4. The van der Waals surface area contributed by atoms with E-state index in [-0.39, 0.29) is 17.1 Å². The molecule has 1 saturated carbocycles. The van der Waals surface area contributed by atoms with Crippen molar-refractivity contribution in [2.24, 2.45) is 17.3 Å². The van der Waals surface area contributed by atoms with Crippen LogP contribution >= 0.6 is 0 Å². The van der Waals surface area contributed by atoms with Gasteiger partial charge in [-0.05, 0) is 60.3 Å². The lowest BCUT2D eigenvalue weighted by molar-refractivity contribution is -0.114. The summed E-state index contributed by atoms with van der Waals surface area (Å²) >= 11 is 0. The van der Waals surface area contributed by atoms with Crippen LogP contribution < -0.4 is 0 Å². The first kappa shape index (κ1) is 17.8. The minimum absolute atomic E-state index is 0.158. The smallest absolute Gasteiger partial charge is 0.156 e. The highest BCUT2D eigenvalue weighted by molar-refractivity contribution is 5.93. The Hall–Kier alpha value is -2.26. The first-order valence-corrected chi connectivity index (χ1v) is 10.4. The van der Waals surface area contributed by atoms with Gasteiger partial charge in [-0.25, -0.2) is 0 Å². The molecule has 0 saturated heterocycles. The maximum Gasteiger partial charge on any atom is 0.156 e. The van der Waals surface area contributed by atoms with Crippen LogP contribution in [0, 0.1) is 17.3 Å². The van der Waals surface area contributed by atoms with Crippen molar-refractivity contribution in [1.82, 2.24) is 0 Å². The third-order valence-electron chi connectivity index (χ3n) is 7.68. The second-order valence-corrected chi connectivity index (χ2v) is 9.12. The van der Waals surface area contributed by atoms with Gasteiger partial charge in [0, 0.05) is 23.3 Å². The molecule has 0 aliphatic heterocycles. The molecule has 3 nitrogen and oxygen atoms in total. The highest BCUT2D eigenvalue weighted by Gasteiger charge is 2.54. The maximum absolute atomic E-state index is 12.0. The monoisotopic (exact) mass is 374 g/mol. The number of rotatable bonds is 2. The van der Waals surface area contributed by atoms with Gasteiger partial charge in [-0.15, -0.1) is 0 Å². The fourth-order valence-electron chi connectivity index (χ4n) is 6.21. The Morgan fingerprint density at radius 3 is 2.64 bits per heavy atom. The Balaban J connectivity index is 1.67. The van der Waals surface area contributed by atoms with E-state index in [0.717, 1.165) is 32.0 Å². The van der Waals surface area contributed by atoms with Crippen molar-refractivity contribution in [3.05, 3.63) is 70.3 Å². The fraction of sp³-hybridized carbons (Fsp3) is 0.440. The summed E-state index contributed by atoms with van der Waals surface area (Å²) in [6.07, 6.45) is 10.9. The number of aliphatic hydroxyl groups is 1. The molecule has 0 amide bonds. The number of hydrogen-bond donors (Lipinski definition) is 1. The minimum atomic E-state index is -0.411. The largest absolute Gasteiger partial charge is 0.388 e. The van der Waals surface area contributed by atoms with E-state index in [0.29, 0.717) is 23.8 Å². The lowest BCUT2D eigenvalue weighted by Crippen LogP contribution is -2.45. The van der Waals surface area contributed by atoms with E-state index in [1.807, 2.05) is 24.3 Å². The SMILES string of the molecule is C[C@]12C[C@H](c3ccc(C=O)cc3)C3=C4CCC(=O)C=C4CC[C@H]3[C@@H]1C=C[C@@H]2O. The first-order valence-electron chi connectivity index (χ1n) is 10.4. The van der Waals surface area contributed by atoms with Gasteiger partial charge in [0.1, 0.15) is 6.29 Å². The van der Waals surface area contributed by atoms with Gasteiger partial charge >= 0.3 is 0 Å². The van der Waals surface area contributed by atoms with Crippen molar-refractivity contribution in [3.63, 3.8) is 0 Å². The molecule has 0 spiro atoms. The Bertz CT molecular complexity index is 933. The van der Waals surface area contributed by atoms with Crippen LogP contribution in [-0.4, -0.2) is 23.3 Å². The minimum Gasteiger partial charge on any atom is -0.388 e. The van der Waals surface area contributed by atoms with Gasteiger partial charge in [0.05, 0.1) is 6.10 Å². The van der Waals surface area contributed by atoms with E-state index in [1.54, 1.807) is 0 Å². The molecule has 1 N–H and O–H groups in total. The zero-order chi connectivity index (χ0) is 19.5. The molecule has 5 atom stereocenters. The third-order valence-corrected chi connectivity index (χ3v) is 7.68. The topological polar surface area (TPSA) is 54.4 Å². The second kappa shape index (κ2) is 6.38. The summed E-state index contributed by atoms with van der Waals surface area (Å²) in [5.74, 6) is 1.26. The van der Waals surface area contributed by atoms with Gasteiger partial charge in [-0.2, -0.15) is 0 Å². The van der Waals surface area contributed by atoms with E-state index in [1.165, 1.54) is 22.3 Å². The molecule has 3 heteroatoms. The zero-order valence-corrected chi connectivity index (χ0v) is 16.2. The van der Waals surface area contributed by atoms with E-state index in [9.17, 15) is 14.7 Å². The van der Waals surface area contributed by atoms with Gasteiger partial charge in [0.2, 0.25) is 0 Å². The average Bonchev–Trinajstić information content (AvgIpc) is 3.01. The number of aliphatic hydroxyl groups excluding tert-OH is 1. The Morgan fingerprint density at radius 2 is 1.89 bits per heavy atom. The van der Waals surface area contributed by atoms with E-state index in [4.69, 9.17) is 0 Å². The number of benzene rings is 1. The van der Waals surface area contributed by atoms with E-state index in [2.05, 4.69) is 25.1 Å². The van der Waals surface area contributed by atoms with Crippen molar-refractivity contribution in [3.8, 4) is 0 Å². The van der Waals surface area contributed by atoms with Crippen LogP contribution in [0.5, 0.6) is 0 Å². The molecular weight excluding hydrogens is 348 g/mol. The van der Waals surface area contributed by atoms with Crippen LogP contribution in [0.1, 0.15) is 60.9 Å². The predicted molar refractivity (Wildman–Crippen MR) is 108 cm³/mol.